The summed E-state index contributed by atoms with van der Waals surface area (Å²) in [6, 6.07) is 16.2. The van der Waals surface area contributed by atoms with Crippen LogP contribution in [0, 0.1) is 19.3 Å². The molecule has 222 valence electrons. The van der Waals surface area contributed by atoms with Crippen molar-refractivity contribution in [2.24, 2.45) is 5.41 Å². The summed E-state index contributed by atoms with van der Waals surface area (Å²) in [7, 11) is 0. The third kappa shape index (κ3) is 4.78. The molecule has 43 heavy (non-hydrogen) atoms. The first-order valence-corrected chi connectivity index (χ1v) is 15.1. The number of carbonyl (C=O) groups excluding carboxylic acids is 1. The molecule has 3 saturated heterocycles. The molecule has 1 unspecified atom stereocenters. The lowest BCUT2D eigenvalue weighted by Gasteiger charge is -2.26. The second kappa shape index (κ2) is 10.1. The summed E-state index contributed by atoms with van der Waals surface area (Å²) in [5.41, 5.74) is 5.20. The van der Waals surface area contributed by atoms with Gasteiger partial charge in [-0.25, -0.2) is 19.3 Å². The van der Waals surface area contributed by atoms with E-state index in [1.807, 2.05) is 31.0 Å². The van der Waals surface area contributed by atoms with E-state index in [4.69, 9.17) is 0 Å². The fourth-order valence-electron chi connectivity index (χ4n) is 7.31. The Morgan fingerprint density at radius 2 is 1.63 bits per heavy atom. The number of pyridine rings is 2. The van der Waals surface area contributed by atoms with Crippen molar-refractivity contribution < 1.29 is 14.7 Å². The molecular formula is C33H37N7O3. The van der Waals surface area contributed by atoms with Gasteiger partial charge in [0.05, 0.1) is 11.9 Å². The molecular weight excluding hydrogens is 542 g/mol. The highest BCUT2D eigenvalue weighted by Crippen LogP contribution is 2.42. The lowest BCUT2D eigenvalue weighted by Crippen LogP contribution is -2.34. The largest absolute Gasteiger partial charge is 0.477 e. The van der Waals surface area contributed by atoms with Crippen LogP contribution in [0.5, 0.6) is 0 Å². The third-order valence-electron chi connectivity index (χ3n) is 9.86. The quantitative estimate of drug-likeness (QED) is 0.372. The lowest BCUT2D eigenvalue weighted by atomic mass is 9.82. The van der Waals surface area contributed by atoms with E-state index in [1.165, 1.54) is 5.56 Å². The van der Waals surface area contributed by atoms with Gasteiger partial charge in [-0.15, -0.1) is 5.10 Å². The number of nitrogens with zero attached hydrogens (tertiary/aromatic N) is 7. The third-order valence-corrected chi connectivity index (χ3v) is 9.86. The summed E-state index contributed by atoms with van der Waals surface area (Å²) in [6.07, 6.45) is 4.89. The van der Waals surface area contributed by atoms with Crippen molar-refractivity contribution in [3.8, 4) is 0 Å². The molecule has 6 heterocycles. The second-order valence-electron chi connectivity index (χ2n) is 13.0. The van der Waals surface area contributed by atoms with E-state index in [2.05, 4.69) is 68.2 Å². The number of carboxylic acids is 1. The molecule has 0 aliphatic carbocycles. The van der Waals surface area contributed by atoms with Crippen molar-refractivity contribution >= 4 is 29.0 Å². The molecule has 1 aromatic carbocycles. The van der Waals surface area contributed by atoms with Crippen LogP contribution in [-0.2, 0) is 5.41 Å². The summed E-state index contributed by atoms with van der Waals surface area (Å²) < 4.78 is 1.77. The topological polar surface area (TPSA) is 107 Å². The Labute approximate surface area is 251 Å². The van der Waals surface area contributed by atoms with E-state index >= 15 is 0 Å². The van der Waals surface area contributed by atoms with Crippen LogP contribution in [0.2, 0.25) is 0 Å². The van der Waals surface area contributed by atoms with E-state index < -0.39 is 5.97 Å². The van der Waals surface area contributed by atoms with E-state index in [0.717, 1.165) is 68.1 Å². The van der Waals surface area contributed by atoms with Gasteiger partial charge in [-0.1, -0.05) is 43.3 Å². The van der Waals surface area contributed by atoms with Crippen LogP contribution >= 0.6 is 0 Å². The number of likely N-dealkylation sites (tertiary alicyclic amines) is 1. The summed E-state index contributed by atoms with van der Waals surface area (Å²) in [6.45, 7) is 11.0. The fraction of sp³-hybridized carbons (Fsp3) is 0.424. The summed E-state index contributed by atoms with van der Waals surface area (Å²) in [5.74, 6) is -0.215. The average Bonchev–Trinajstić information content (AvgIpc) is 3.80. The standard InChI is InChI=1S/C33H37N7O3/c1-22-9-10-26(31(42)43)34-28(22)38-15-12-33(20-38)13-16-39(21-33)30(41)27-35-29-23(2)17-25(18-40(29)36-27)37-14-11-32(3,19-37)24-7-5-4-6-8-24/h4-10,17-18H,11-16,19-21H2,1-3H3,(H,42,43)/t32-,33?/m0/s1. The summed E-state index contributed by atoms with van der Waals surface area (Å²) >= 11 is 0. The number of benzene rings is 1. The van der Waals surface area contributed by atoms with Crippen molar-refractivity contribution in [1.29, 1.82) is 0 Å². The molecule has 10 nitrogen and oxygen atoms in total. The molecule has 7 rings (SSSR count). The van der Waals surface area contributed by atoms with E-state index in [9.17, 15) is 14.7 Å². The highest BCUT2D eigenvalue weighted by molar-refractivity contribution is 5.91. The van der Waals surface area contributed by atoms with Crippen LogP contribution in [0.3, 0.4) is 0 Å². The van der Waals surface area contributed by atoms with Gasteiger partial charge < -0.3 is 19.8 Å². The highest BCUT2D eigenvalue weighted by atomic mass is 16.4. The molecule has 0 bridgehead atoms. The molecule has 4 aromatic rings. The first-order valence-electron chi connectivity index (χ1n) is 15.1. The summed E-state index contributed by atoms with van der Waals surface area (Å²) in [4.78, 5) is 40.7. The zero-order valence-electron chi connectivity index (χ0n) is 25.0. The number of carbonyl (C=O) groups is 2. The molecule has 0 radical (unpaired) electrons. The predicted octanol–water partition coefficient (Wildman–Crippen LogP) is 4.35. The second-order valence-corrected chi connectivity index (χ2v) is 13.0. The Bertz CT molecular complexity index is 1740. The number of aryl methyl sites for hydroxylation is 2. The van der Waals surface area contributed by atoms with Crippen molar-refractivity contribution in [3.63, 3.8) is 0 Å². The van der Waals surface area contributed by atoms with Gasteiger partial charge in [0.25, 0.3) is 5.91 Å². The first kappa shape index (κ1) is 27.4. The Kier molecular flexibility index (Phi) is 6.41. The number of hydrogen-bond acceptors (Lipinski definition) is 7. The average molecular weight is 580 g/mol. The lowest BCUT2D eigenvalue weighted by molar-refractivity contribution is 0.0689. The van der Waals surface area contributed by atoms with Gasteiger partial charge in [-0.2, -0.15) is 0 Å². The number of fused-ring (bicyclic) bond motifs is 1. The minimum absolute atomic E-state index is 0.0492. The minimum Gasteiger partial charge on any atom is -0.477 e. The maximum Gasteiger partial charge on any atom is 0.354 e. The number of amides is 1. The molecule has 2 atom stereocenters. The molecule has 10 heteroatoms. The number of hydrogen-bond donors (Lipinski definition) is 1. The Morgan fingerprint density at radius 1 is 0.860 bits per heavy atom. The smallest absolute Gasteiger partial charge is 0.354 e. The van der Waals surface area contributed by atoms with E-state index in [-0.39, 0.29) is 28.3 Å². The van der Waals surface area contributed by atoms with Crippen molar-refractivity contribution in [2.75, 3.05) is 49.1 Å². The highest BCUT2D eigenvalue weighted by Gasteiger charge is 2.46. The number of anilines is 2. The van der Waals surface area contributed by atoms with Gasteiger partial charge in [-0.05, 0) is 61.9 Å². The van der Waals surface area contributed by atoms with Crippen molar-refractivity contribution in [1.82, 2.24) is 24.5 Å². The van der Waals surface area contributed by atoms with E-state index in [0.29, 0.717) is 18.7 Å². The predicted molar refractivity (Wildman–Crippen MR) is 164 cm³/mol. The number of aromatic carboxylic acids is 1. The monoisotopic (exact) mass is 579 g/mol. The van der Waals surface area contributed by atoms with Crippen LogP contribution in [-0.4, -0.2) is 80.7 Å². The Balaban J connectivity index is 1.07. The van der Waals surface area contributed by atoms with Gasteiger partial charge in [0.15, 0.2) is 11.3 Å². The van der Waals surface area contributed by atoms with Gasteiger partial charge in [0, 0.05) is 50.1 Å². The Morgan fingerprint density at radius 3 is 2.42 bits per heavy atom. The van der Waals surface area contributed by atoms with Gasteiger partial charge in [0.1, 0.15) is 5.82 Å². The van der Waals surface area contributed by atoms with Crippen LogP contribution in [0.15, 0.2) is 54.7 Å². The van der Waals surface area contributed by atoms with Crippen molar-refractivity contribution in [3.05, 3.63) is 82.9 Å². The molecule has 3 aliphatic rings. The Hall–Kier alpha value is -4.47. The number of rotatable bonds is 5. The zero-order valence-corrected chi connectivity index (χ0v) is 25.0. The summed E-state index contributed by atoms with van der Waals surface area (Å²) in [5, 5.41) is 14.1. The van der Waals surface area contributed by atoms with Crippen LogP contribution in [0.25, 0.3) is 5.65 Å². The molecule has 1 amide bonds. The van der Waals surface area contributed by atoms with Gasteiger partial charge >= 0.3 is 5.97 Å². The van der Waals surface area contributed by atoms with Gasteiger partial charge in [-0.3, -0.25) is 4.79 Å². The molecule has 3 aliphatic heterocycles. The zero-order chi connectivity index (χ0) is 29.9. The molecule has 3 aromatic heterocycles. The van der Waals surface area contributed by atoms with Crippen LogP contribution < -0.4 is 9.80 Å². The van der Waals surface area contributed by atoms with Crippen LogP contribution in [0.4, 0.5) is 11.5 Å². The first-order chi connectivity index (χ1) is 20.6. The van der Waals surface area contributed by atoms with Gasteiger partial charge in [0.2, 0.25) is 5.82 Å². The minimum atomic E-state index is -1.03. The molecule has 1 spiro atoms. The fourth-order valence-corrected chi connectivity index (χ4v) is 7.31. The maximum absolute atomic E-state index is 13.7. The normalized spacial score (nSPS) is 23.7. The molecule has 1 N–H and O–H groups in total. The SMILES string of the molecule is Cc1ccc(C(=O)O)nc1N1CCC2(CCN(C(=O)c3nc4c(C)cc(N5CC[C@](C)(c6ccccc6)C5)cn4n3)C2)C1. The van der Waals surface area contributed by atoms with E-state index in [1.54, 1.807) is 10.6 Å². The van der Waals surface area contributed by atoms with Crippen molar-refractivity contribution in [2.45, 2.75) is 45.4 Å². The van der Waals surface area contributed by atoms with Crippen LogP contribution in [0.1, 0.15) is 64.0 Å². The number of carboxylic acid groups (broad SMARTS) is 1. The molecule has 0 saturated carbocycles. The molecule has 3 fully saturated rings. The maximum atomic E-state index is 13.7. The number of aromatic nitrogens is 4.